The van der Waals surface area contributed by atoms with Crippen LogP contribution in [-0.2, 0) is 4.74 Å². The molecule has 0 N–H and O–H groups in total. The van der Waals surface area contributed by atoms with Gasteiger partial charge in [-0.15, -0.1) is 0 Å². The molecule has 0 unspecified atom stereocenters. The fraction of sp³-hybridized carbons (Fsp3) is 0.263. The van der Waals surface area contributed by atoms with Crippen molar-refractivity contribution in [1.29, 1.82) is 0 Å². The molecule has 4 rings (SSSR count). The first-order chi connectivity index (χ1) is 11.6. The van der Waals surface area contributed by atoms with E-state index in [9.17, 15) is 9.59 Å². The molecule has 0 saturated carbocycles. The molecule has 2 aromatic carbocycles. The van der Waals surface area contributed by atoms with E-state index in [0.29, 0.717) is 30.0 Å². The molecule has 2 aliphatic heterocycles. The SMILES string of the molecule is Cc1ccc(N2C(=O)c3ccc(N4CCOCC4)cc3C2=O)cc1. The Hall–Kier alpha value is -2.66. The Morgan fingerprint density at radius 1 is 0.833 bits per heavy atom. The monoisotopic (exact) mass is 322 g/mol. The van der Waals surface area contributed by atoms with Crippen LogP contribution in [0.1, 0.15) is 26.3 Å². The van der Waals surface area contributed by atoms with Crippen molar-refractivity contribution >= 4 is 23.2 Å². The summed E-state index contributed by atoms with van der Waals surface area (Å²) in [5.41, 5.74) is 3.61. The number of anilines is 2. The molecular formula is C19H18N2O3. The van der Waals surface area contributed by atoms with Crippen molar-refractivity contribution in [2.24, 2.45) is 0 Å². The largest absolute Gasteiger partial charge is 0.378 e. The molecule has 122 valence electrons. The van der Waals surface area contributed by atoms with Gasteiger partial charge >= 0.3 is 0 Å². The van der Waals surface area contributed by atoms with E-state index in [-0.39, 0.29) is 11.8 Å². The molecule has 1 saturated heterocycles. The first kappa shape index (κ1) is 14.9. The van der Waals surface area contributed by atoms with Gasteiger partial charge in [-0.25, -0.2) is 4.90 Å². The summed E-state index contributed by atoms with van der Waals surface area (Å²) in [5, 5.41) is 0. The van der Waals surface area contributed by atoms with Gasteiger partial charge in [0.1, 0.15) is 0 Å². The van der Waals surface area contributed by atoms with Gasteiger partial charge in [-0.1, -0.05) is 17.7 Å². The summed E-state index contributed by atoms with van der Waals surface area (Å²) >= 11 is 0. The molecule has 1 fully saturated rings. The van der Waals surface area contributed by atoms with E-state index in [2.05, 4.69) is 4.90 Å². The lowest BCUT2D eigenvalue weighted by Gasteiger charge is -2.29. The van der Waals surface area contributed by atoms with Crippen molar-refractivity contribution < 1.29 is 14.3 Å². The van der Waals surface area contributed by atoms with E-state index in [0.717, 1.165) is 24.3 Å². The van der Waals surface area contributed by atoms with Crippen molar-refractivity contribution in [3.8, 4) is 0 Å². The number of morpholine rings is 1. The highest BCUT2D eigenvalue weighted by Crippen LogP contribution is 2.31. The van der Waals surface area contributed by atoms with Gasteiger partial charge in [0.15, 0.2) is 0 Å². The molecule has 2 heterocycles. The number of hydrogen-bond donors (Lipinski definition) is 0. The highest BCUT2D eigenvalue weighted by molar-refractivity contribution is 6.34. The Kier molecular flexibility index (Phi) is 3.58. The number of imide groups is 1. The molecule has 5 nitrogen and oxygen atoms in total. The average Bonchev–Trinajstić information content (AvgIpc) is 2.87. The molecule has 2 aliphatic rings. The Labute approximate surface area is 140 Å². The van der Waals surface area contributed by atoms with Crippen LogP contribution < -0.4 is 9.80 Å². The van der Waals surface area contributed by atoms with Crippen molar-refractivity contribution in [3.63, 3.8) is 0 Å². The van der Waals surface area contributed by atoms with Gasteiger partial charge in [0, 0.05) is 18.8 Å². The minimum Gasteiger partial charge on any atom is -0.378 e. The quantitative estimate of drug-likeness (QED) is 0.798. The summed E-state index contributed by atoms with van der Waals surface area (Å²) in [6.07, 6.45) is 0. The van der Waals surface area contributed by atoms with E-state index < -0.39 is 0 Å². The smallest absolute Gasteiger partial charge is 0.266 e. The number of amides is 2. The second kappa shape index (κ2) is 5.76. The minimum atomic E-state index is -0.257. The highest BCUT2D eigenvalue weighted by atomic mass is 16.5. The van der Waals surface area contributed by atoms with E-state index in [1.54, 1.807) is 18.2 Å². The third-order valence-corrected chi connectivity index (χ3v) is 4.54. The second-order valence-electron chi connectivity index (χ2n) is 6.11. The number of fused-ring (bicyclic) bond motifs is 1. The van der Waals surface area contributed by atoms with Crippen LogP contribution in [0.4, 0.5) is 11.4 Å². The first-order valence-electron chi connectivity index (χ1n) is 8.07. The van der Waals surface area contributed by atoms with Crippen LogP contribution in [0.2, 0.25) is 0 Å². The summed E-state index contributed by atoms with van der Waals surface area (Å²) in [4.78, 5) is 28.9. The summed E-state index contributed by atoms with van der Waals surface area (Å²) in [6, 6.07) is 12.9. The number of carbonyl (C=O) groups excluding carboxylic acids is 2. The zero-order chi connectivity index (χ0) is 16.7. The number of benzene rings is 2. The molecule has 2 amide bonds. The van der Waals surface area contributed by atoms with Crippen LogP contribution in [0.5, 0.6) is 0 Å². The fourth-order valence-corrected chi connectivity index (χ4v) is 3.18. The van der Waals surface area contributed by atoms with Crippen LogP contribution >= 0.6 is 0 Å². The van der Waals surface area contributed by atoms with Gasteiger partial charge in [-0.3, -0.25) is 9.59 Å². The number of rotatable bonds is 2. The van der Waals surface area contributed by atoms with E-state index >= 15 is 0 Å². The topological polar surface area (TPSA) is 49.9 Å². The molecule has 24 heavy (non-hydrogen) atoms. The predicted molar refractivity (Wildman–Crippen MR) is 91.8 cm³/mol. The van der Waals surface area contributed by atoms with Crippen LogP contribution in [0.3, 0.4) is 0 Å². The summed E-state index contributed by atoms with van der Waals surface area (Å²) in [5.74, 6) is -0.513. The van der Waals surface area contributed by atoms with Gasteiger partial charge < -0.3 is 9.64 Å². The standard InChI is InChI=1S/C19H18N2O3/c1-13-2-4-14(5-3-13)21-18(22)16-7-6-15(12-17(16)19(21)23)20-8-10-24-11-9-20/h2-7,12H,8-11H2,1H3. The molecule has 0 radical (unpaired) electrons. The number of carbonyl (C=O) groups is 2. The average molecular weight is 322 g/mol. The molecule has 2 aromatic rings. The zero-order valence-corrected chi connectivity index (χ0v) is 13.5. The Morgan fingerprint density at radius 3 is 2.17 bits per heavy atom. The predicted octanol–water partition coefficient (Wildman–Crippen LogP) is 2.63. The third kappa shape index (κ3) is 2.37. The molecule has 0 atom stereocenters. The zero-order valence-electron chi connectivity index (χ0n) is 13.5. The lowest BCUT2D eigenvalue weighted by molar-refractivity contribution is 0.0926. The van der Waals surface area contributed by atoms with Crippen LogP contribution in [0.25, 0.3) is 0 Å². The Bertz CT molecular complexity index is 808. The highest BCUT2D eigenvalue weighted by Gasteiger charge is 2.37. The van der Waals surface area contributed by atoms with Crippen LogP contribution in [0.15, 0.2) is 42.5 Å². The van der Waals surface area contributed by atoms with Gasteiger partial charge in [0.05, 0.1) is 30.0 Å². The second-order valence-corrected chi connectivity index (χ2v) is 6.11. The van der Waals surface area contributed by atoms with E-state index in [1.807, 2.05) is 31.2 Å². The summed E-state index contributed by atoms with van der Waals surface area (Å²) < 4.78 is 5.37. The molecule has 0 bridgehead atoms. The van der Waals surface area contributed by atoms with Crippen LogP contribution in [0, 0.1) is 6.92 Å². The molecule has 0 spiro atoms. The Morgan fingerprint density at radius 2 is 1.46 bits per heavy atom. The van der Waals surface area contributed by atoms with Crippen LogP contribution in [-0.4, -0.2) is 38.1 Å². The summed E-state index contributed by atoms with van der Waals surface area (Å²) in [7, 11) is 0. The van der Waals surface area contributed by atoms with E-state index in [1.165, 1.54) is 4.90 Å². The maximum atomic E-state index is 12.8. The first-order valence-corrected chi connectivity index (χ1v) is 8.07. The lowest BCUT2D eigenvalue weighted by atomic mass is 10.1. The van der Waals surface area contributed by atoms with Crippen molar-refractivity contribution in [3.05, 3.63) is 59.2 Å². The molecule has 0 aliphatic carbocycles. The fourth-order valence-electron chi connectivity index (χ4n) is 3.18. The molecule has 5 heteroatoms. The van der Waals surface area contributed by atoms with Crippen molar-refractivity contribution in [2.45, 2.75) is 6.92 Å². The van der Waals surface area contributed by atoms with Crippen molar-refractivity contribution in [1.82, 2.24) is 0 Å². The lowest BCUT2D eigenvalue weighted by Crippen LogP contribution is -2.36. The van der Waals surface area contributed by atoms with E-state index in [4.69, 9.17) is 4.74 Å². The van der Waals surface area contributed by atoms with Gasteiger partial charge in [-0.05, 0) is 37.3 Å². The number of nitrogens with zero attached hydrogens (tertiary/aromatic N) is 2. The van der Waals surface area contributed by atoms with Crippen molar-refractivity contribution in [2.75, 3.05) is 36.1 Å². The maximum absolute atomic E-state index is 12.8. The number of aryl methyl sites for hydroxylation is 1. The Balaban J connectivity index is 1.69. The minimum absolute atomic E-state index is 0.256. The molecular weight excluding hydrogens is 304 g/mol. The van der Waals surface area contributed by atoms with Gasteiger partial charge in [0.2, 0.25) is 0 Å². The third-order valence-electron chi connectivity index (χ3n) is 4.54. The van der Waals surface area contributed by atoms with Gasteiger partial charge in [0.25, 0.3) is 11.8 Å². The number of ether oxygens (including phenoxy) is 1. The van der Waals surface area contributed by atoms with Gasteiger partial charge in [-0.2, -0.15) is 0 Å². The molecule has 0 aromatic heterocycles. The maximum Gasteiger partial charge on any atom is 0.266 e. The number of hydrogen-bond acceptors (Lipinski definition) is 4. The summed E-state index contributed by atoms with van der Waals surface area (Å²) in [6.45, 7) is 4.92. The normalized spacial score (nSPS) is 17.4.